The lowest BCUT2D eigenvalue weighted by molar-refractivity contribution is -0.140. The van der Waals surface area contributed by atoms with Crippen LogP contribution in [0.1, 0.15) is 17.2 Å². The Morgan fingerprint density at radius 3 is 2.68 bits per heavy atom. The molecule has 1 aromatic heterocycles. The summed E-state index contributed by atoms with van der Waals surface area (Å²) in [6.07, 6.45) is 1.66. The molecule has 1 unspecified atom stereocenters. The molecule has 0 aliphatic carbocycles. The van der Waals surface area contributed by atoms with Crippen molar-refractivity contribution < 1.29 is 19.4 Å². The number of carbonyl (C=O) groups excluding carboxylic acids is 2. The molecule has 1 saturated heterocycles. The molecule has 160 valence electrons. The van der Waals surface area contributed by atoms with E-state index in [1.807, 2.05) is 55.4 Å². The number of ether oxygens (including phenoxy) is 1. The van der Waals surface area contributed by atoms with Crippen LogP contribution in [0.5, 0.6) is 5.75 Å². The van der Waals surface area contributed by atoms with E-state index in [-0.39, 0.29) is 11.3 Å². The lowest BCUT2D eigenvalue weighted by atomic mass is 9.95. The van der Waals surface area contributed by atoms with Crippen molar-refractivity contribution in [2.24, 2.45) is 0 Å². The van der Waals surface area contributed by atoms with Crippen LogP contribution in [0.25, 0.3) is 16.7 Å². The van der Waals surface area contributed by atoms with Crippen LogP contribution in [0, 0.1) is 0 Å². The van der Waals surface area contributed by atoms with Gasteiger partial charge in [0, 0.05) is 35.8 Å². The van der Waals surface area contributed by atoms with Crippen LogP contribution in [-0.2, 0) is 9.59 Å². The van der Waals surface area contributed by atoms with E-state index in [0.717, 1.165) is 10.9 Å². The molecule has 2 aromatic carbocycles. The highest BCUT2D eigenvalue weighted by molar-refractivity contribution is 6.46. The minimum Gasteiger partial charge on any atom is -0.507 e. The summed E-state index contributed by atoms with van der Waals surface area (Å²) in [6.45, 7) is 0.935. The van der Waals surface area contributed by atoms with Gasteiger partial charge in [0.1, 0.15) is 11.5 Å². The van der Waals surface area contributed by atoms with Gasteiger partial charge in [-0.05, 0) is 37.9 Å². The summed E-state index contributed by atoms with van der Waals surface area (Å²) in [6, 6.07) is 14.0. The molecular formula is C24H25N3O4. The van der Waals surface area contributed by atoms with Gasteiger partial charge in [0.15, 0.2) is 0 Å². The lowest BCUT2D eigenvalue weighted by Crippen LogP contribution is -2.35. The maximum absolute atomic E-state index is 13.1. The van der Waals surface area contributed by atoms with Crippen molar-refractivity contribution in [3.8, 4) is 5.75 Å². The van der Waals surface area contributed by atoms with E-state index in [2.05, 4.69) is 4.98 Å². The van der Waals surface area contributed by atoms with Gasteiger partial charge in [-0.3, -0.25) is 9.59 Å². The van der Waals surface area contributed by atoms with Crippen molar-refractivity contribution in [1.82, 2.24) is 14.8 Å². The molecule has 0 spiro atoms. The maximum atomic E-state index is 13.1. The number of benzene rings is 2. The van der Waals surface area contributed by atoms with E-state index in [9.17, 15) is 14.7 Å². The van der Waals surface area contributed by atoms with Crippen molar-refractivity contribution in [3.63, 3.8) is 0 Å². The Morgan fingerprint density at radius 1 is 1.16 bits per heavy atom. The molecule has 1 aliphatic rings. The number of hydrogen-bond acceptors (Lipinski definition) is 5. The first-order valence-corrected chi connectivity index (χ1v) is 10.1. The number of Topliss-reactive ketones (excluding diaryl/α,β-unsaturated/α-hetero) is 1. The number of para-hydroxylation sites is 1. The van der Waals surface area contributed by atoms with Crippen molar-refractivity contribution in [1.29, 1.82) is 0 Å². The number of rotatable bonds is 6. The summed E-state index contributed by atoms with van der Waals surface area (Å²) < 4.78 is 5.35. The molecule has 1 amide bonds. The van der Waals surface area contributed by atoms with Gasteiger partial charge in [0.05, 0.1) is 18.7 Å². The van der Waals surface area contributed by atoms with Crippen LogP contribution in [0.3, 0.4) is 0 Å². The standard InChI is InChI=1S/C24H25N3O4/c1-26(2)11-12-27-21(15-7-6-8-16(13-15)31-3)20(23(29)24(27)30)22(28)18-14-25-19-10-5-4-9-17(18)19/h4-10,13-14,21,25,28H,11-12H2,1-3H3/b22-20+. The van der Waals surface area contributed by atoms with E-state index in [4.69, 9.17) is 4.74 Å². The number of aromatic amines is 1. The number of aromatic nitrogens is 1. The summed E-state index contributed by atoms with van der Waals surface area (Å²) in [5.41, 5.74) is 2.12. The highest BCUT2D eigenvalue weighted by atomic mass is 16.5. The topological polar surface area (TPSA) is 85.9 Å². The molecule has 3 aromatic rings. The van der Waals surface area contributed by atoms with Gasteiger partial charge in [-0.15, -0.1) is 0 Å². The summed E-state index contributed by atoms with van der Waals surface area (Å²) in [5.74, 6) is -0.871. The smallest absolute Gasteiger partial charge is 0.295 e. The van der Waals surface area contributed by atoms with E-state index in [1.54, 1.807) is 25.4 Å². The zero-order valence-corrected chi connectivity index (χ0v) is 17.8. The first-order valence-electron chi connectivity index (χ1n) is 10.1. The fraction of sp³-hybridized carbons (Fsp3) is 0.250. The number of fused-ring (bicyclic) bond motifs is 1. The number of amides is 1. The minimum absolute atomic E-state index is 0.0850. The average Bonchev–Trinajstić information content (AvgIpc) is 3.31. The number of likely N-dealkylation sites (N-methyl/N-ethyl adjacent to an activating group) is 1. The van der Waals surface area contributed by atoms with Crippen LogP contribution >= 0.6 is 0 Å². The fourth-order valence-electron chi connectivity index (χ4n) is 3.99. The van der Waals surface area contributed by atoms with E-state index in [0.29, 0.717) is 30.0 Å². The summed E-state index contributed by atoms with van der Waals surface area (Å²) >= 11 is 0. The van der Waals surface area contributed by atoms with Gasteiger partial charge < -0.3 is 24.6 Å². The first kappa shape index (κ1) is 20.7. The number of H-pyrrole nitrogens is 1. The third-order valence-corrected chi connectivity index (χ3v) is 5.58. The van der Waals surface area contributed by atoms with Crippen molar-refractivity contribution in [2.75, 3.05) is 34.3 Å². The van der Waals surface area contributed by atoms with Gasteiger partial charge in [-0.25, -0.2) is 0 Å². The first-order chi connectivity index (χ1) is 14.9. The molecule has 7 heteroatoms. The Bertz CT molecular complexity index is 1180. The molecule has 2 N–H and O–H groups in total. The summed E-state index contributed by atoms with van der Waals surface area (Å²) in [7, 11) is 5.38. The highest BCUT2D eigenvalue weighted by Gasteiger charge is 2.46. The van der Waals surface area contributed by atoms with Gasteiger partial charge in [-0.2, -0.15) is 0 Å². The van der Waals surface area contributed by atoms with Crippen LogP contribution in [0.15, 0.2) is 60.3 Å². The average molecular weight is 419 g/mol. The van der Waals surface area contributed by atoms with E-state index < -0.39 is 17.7 Å². The molecule has 1 fully saturated rings. The molecule has 0 radical (unpaired) electrons. The third-order valence-electron chi connectivity index (χ3n) is 5.58. The molecule has 4 rings (SSSR count). The molecule has 31 heavy (non-hydrogen) atoms. The zero-order valence-electron chi connectivity index (χ0n) is 17.8. The number of methoxy groups -OCH3 is 1. The Hall–Kier alpha value is -3.58. The normalized spacial score (nSPS) is 18.3. The minimum atomic E-state index is -0.705. The SMILES string of the molecule is COc1cccc(C2/C(=C(\O)c3c[nH]c4ccccc34)C(=O)C(=O)N2CCN(C)C)c1. The molecule has 0 bridgehead atoms. The fourth-order valence-corrected chi connectivity index (χ4v) is 3.99. The van der Waals surface area contributed by atoms with Crippen LogP contribution < -0.4 is 4.74 Å². The monoisotopic (exact) mass is 419 g/mol. The number of likely N-dealkylation sites (tertiary alicyclic amines) is 1. The number of nitrogens with one attached hydrogen (secondary N) is 1. The highest BCUT2D eigenvalue weighted by Crippen LogP contribution is 2.41. The zero-order chi connectivity index (χ0) is 22.1. The largest absolute Gasteiger partial charge is 0.507 e. The Labute approximate surface area is 180 Å². The van der Waals surface area contributed by atoms with Gasteiger partial charge in [0.25, 0.3) is 11.7 Å². The lowest BCUT2D eigenvalue weighted by Gasteiger charge is -2.26. The Morgan fingerprint density at radius 2 is 1.94 bits per heavy atom. The van der Waals surface area contributed by atoms with Gasteiger partial charge in [-0.1, -0.05) is 30.3 Å². The van der Waals surface area contributed by atoms with E-state index in [1.165, 1.54) is 4.90 Å². The summed E-state index contributed by atoms with van der Waals surface area (Å²) in [5, 5.41) is 12.0. The van der Waals surface area contributed by atoms with Crippen molar-refractivity contribution >= 4 is 28.4 Å². The van der Waals surface area contributed by atoms with Crippen LogP contribution in [0.4, 0.5) is 0 Å². The Balaban J connectivity index is 1.90. The molecule has 0 saturated carbocycles. The summed E-state index contributed by atoms with van der Waals surface area (Å²) in [4.78, 5) is 32.7. The van der Waals surface area contributed by atoms with Crippen molar-refractivity contribution in [2.45, 2.75) is 6.04 Å². The predicted molar refractivity (Wildman–Crippen MR) is 119 cm³/mol. The predicted octanol–water partition coefficient (Wildman–Crippen LogP) is 3.16. The molecular weight excluding hydrogens is 394 g/mol. The number of carbonyl (C=O) groups is 2. The van der Waals surface area contributed by atoms with Gasteiger partial charge in [0.2, 0.25) is 0 Å². The van der Waals surface area contributed by atoms with Crippen LogP contribution in [0.2, 0.25) is 0 Å². The maximum Gasteiger partial charge on any atom is 0.295 e. The molecule has 1 aliphatic heterocycles. The number of ketones is 1. The second-order valence-corrected chi connectivity index (χ2v) is 7.82. The number of hydrogen-bond donors (Lipinski definition) is 2. The molecule has 7 nitrogen and oxygen atoms in total. The second-order valence-electron chi connectivity index (χ2n) is 7.82. The Kier molecular flexibility index (Phi) is 5.52. The number of aliphatic hydroxyl groups excluding tert-OH is 1. The van der Waals surface area contributed by atoms with E-state index >= 15 is 0 Å². The molecule has 2 heterocycles. The van der Waals surface area contributed by atoms with Gasteiger partial charge >= 0.3 is 0 Å². The van der Waals surface area contributed by atoms with Crippen molar-refractivity contribution in [3.05, 3.63) is 71.4 Å². The second kappa shape index (κ2) is 8.28. The van der Waals surface area contributed by atoms with Crippen LogP contribution in [-0.4, -0.2) is 65.9 Å². The third kappa shape index (κ3) is 3.68. The number of nitrogens with zero attached hydrogens (tertiary/aromatic N) is 2. The quantitative estimate of drug-likeness (QED) is 0.364. The number of aliphatic hydroxyl groups is 1. The molecule has 1 atom stereocenters.